The molecule has 6 N–H and O–H groups in total. The Labute approximate surface area is 175 Å². The van der Waals surface area contributed by atoms with E-state index in [-0.39, 0.29) is 11.7 Å². The summed E-state index contributed by atoms with van der Waals surface area (Å²) < 4.78 is 0. The van der Waals surface area contributed by atoms with Gasteiger partial charge in [-0.2, -0.15) is 12.6 Å². The molecule has 0 aliphatic carbocycles. The van der Waals surface area contributed by atoms with Gasteiger partial charge < -0.3 is 26.5 Å². The standard InChI is InChI=1S/C20H28N4O4S/c1-3-11(2)17(19(26)23-16(10-29)20(27)28)24-18(25)14(21)8-12-9-22-15-7-5-4-6-13(12)15/h4-7,9,11,14,16-17,22,29H,3,8,10,21H2,1-2H3,(H,23,26)(H,24,25)(H,27,28). The molecule has 0 aliphatic heterocycles. The minimum absolute atomic E-state index is 0.0533. The maximum Gasteiger partial charge on any atom is 0.327 e. The van der Waals surface area contributed by atoms with Gasteiger partial charge in [-0.1, -0.05) is 38.5 Å². The lowest BCUT2D eigenvalue weighted by Crippen LogP contribution is -2.57. The van der Waals surface area contributed by atoms with Crippen molar-refractivity contribution in [3.8, 4) is 0 Å². The van der Waals surface area contributed by atoms with E-state index in [2.05, 4.69) is 28.2 Å². The predicted octanol–water partition coefficient (Wildman–Crippen LogP) is 1.07. The summed E-state index contributed by atoms with van der Waals surface area (Å²) in [5.41, 5.74) is 7.97. The second-order valence-corrected chi connectivity index (χ2v) is 7.49. The topological polar surface area (TPSA) is 137 Å². The molecule has 4 atom stereocenters. The number of hydrogen-bond donors (Lipinski definition) is 6. The molecule has 1 aromatic heterocycles. The third-order valence-electron chi connectivity index (χ3n) is 5.04. The Morgan fingerprint density at radius 2 is 1.90 bits per heavy atom. The maximum absolute atomic E-state index is 12.7. The Morgan fingerprint density at radius 1 is 1.21 bits per heavy atom. The number of nitrogens with two attached hydrogens (primary N) is 1. The SMILES string of the molecule is CCC(C)C(NC(=O)C(N)Cc1c[nH]c2ccccc12)C(=O)NC(CS)C(=O)O. The predicted molar refractivity (Wildman–Crippen MR) is 115 cm³/mol. The molecule has 1 aromatic carbocycles. The lowest BCUT2D eigenvalue weighted by atomic mass is 9.97. The van der Waals surface area contributed by atoms with Crippen LogP contribution in [0.25, 0.3) is 10.9 Å². The second-order valence-electron chi connectivity index (χ2n) is 7.12. The smallest absolute Gasteiger partial charge is 0.327 e. The maximum atomic E-state index is 12.7. The molecule has 0 aliphatic rings. The summed E-state index contributed by atoms with van der Waals surface area (Å²) in [5.74, 6) is -2.46. The lowest BCUT2D eigenvalue weighted by molar-refractivity contribution is -0.141. The number of nitrogens with one attached hydrogen (secondary N) is 3. The van der Waals surface area contributed by atoms with Gasteiger partial charge in [0.1, 0.15) is 12.1 Å². The Morgan fingerprint density at radius 3 is 2.52 bits per heavy atom. The van der Waals surface area contributed by atoms with Crippen LogP contribution >= 0.6 is 12.6 Å². The molecule has 2 rings (SSSR count). The van der Waals surface area contributed by atoms with Crippen LogP contribution in [-0.2, 0) is 20.8 Å². The highest BCUT2D eigenvalue weighted by Crippen LogP contribution is 2.19. The fourth-order valence-electron chi connectivity index (χ4n) is 3.04. The zero-order valence-corrected chi connectivity index (χ0v) is 17.4. The second kappa shape index (κ2) is 10.3. The first-order chi connectivity index (χ1) is 13.8. The zero-order valence-electron chi connectivity index (χ0n) is 16.5. The van der Waals surface area contributed by atoms with Gasteiger partial charge >= 0.3 is 5.97 Å². The molecule has 9 heteroatoms. The number of amides is 2. The highest BCUT2D eigenvalue weighted by atomic mass is 32.1. The third kappa shape index (κ3) is 5.74. The summed E-state index contributed by atoms with van der Waals surface area (Å²) in [5, 5.41) is 15.2. The summed E-state index contributed by atoms with van der Waals surface area (Å²) in [7, 11) is 0. The van der Waals surface area contributed by atoms with Crippen molar-refractivity contribution in [1.82, 2.24) is 15.6 Å². The van der Waals surface area contributed by atoms with Crippen molar-refractivity contribution in [2.45, 2.75) is 44.8 Å². The summed E-state index contributed by atoms with van der Waals surface area (Å²) in [6, 6.07) is 4.85. The van der Waals surface area contributed by atoms with Crippen LogP contribution in [0.3, 0.4) is 0 Å². The number of thiol groups is 1. The summed E-state index contributed by atoms with van der Waals surface area (Å²) in [6.45, 7) is 3.70. The number of carboxylic acid groups (broad SMARTS) is 1. The number of aliphatic carboxylic acids is 1. The molecule has 0 saturated heterocycles. The molecule has 1 heterocycles. The largest absolute Gasteiger partial charge is 0.480 e. The molecule has 2 amide bonds. The van der Waals surface area contributed by atoms with E-state index in [0.717, 1.165) is 16.5 Å². The van der Waals surface area contributed by atoms with E-state index < -0.39 is 35.9 Å². The molecule has 2 aromatic rings. The molecule has 4 unspecified atom stereocenters. The number of aromatic nitrogens is 1. The van der Waals surface area contributed by atoms with Gasteiger partial charge in [0.2, 0.25) is 11.8 Å². The van der Waals surface area contributed by atoms with Crippen LogP contribution in [0, 0.1) is 5.92 Å². The van der Waals surface area contributed by atoms with Crippen molar-refractivity contribution in [2.24, 2.45) is 11.7 Å². The van der Waals surface area contributed by atoms with Gasteiger partial charge in [-0.25, -0.2) is 4.79 Å². The van der Waals surface area contributed by atoms with E-state index in [4.69, 9.17) is 10.8 Å². The van der Waals surface area contributed by atoms with Gasteiger partial charge in [0.25, 0.3) is 0 Å². The van der Waals surface area contributed by atoms with Crippen LogP contribution in [0.15, 0.2) is 30.5 Å². The number of fused-ring (bicyclic) bond motifs is 1. The highest BCUT2D eigenvalue weighted by molar-refractivity contribution is 7.80. The van der Waals surface area contributed by atoms with Crippen molar-refractivity contribution in [3.05, 3.63) is 36.0 Å². The summed E-state index contributed by atoms with van der Waals surface area (Å²) in [4.78, 5) is 39.6. The Kier molecular flexibility index (Phi) is 8.10. The number of benzene rings is 1. The number of hydrogen-bond acceptors (Lipinski definition) is 5. The molecule has 0 spiro atoms. The average Bonchev–Trinajstić information content (AvgIpc) is 3.11. The van der Waals surface area contributed by atoms with E-state index in [1.165, 1.54) is 0 Å². The van der Waals surface area contributed by atoms with Crippen molar-refractivity contribution in [1.29, 1.82) is 0 Å². The molecular formula is C20H28N4O4S. The number of carboxylic acids is 1. The van der Waals surface area contributed by atoms with E-state index >= 15 is 0 Å². The molecule has 8 nitrogen and oxygen atoms in total. The molecule has 0 saturated carbocycles. The van der Waals surface area contributed by atoms with Crippen molar-refractivity contribution in [3.63, 3.8) is 0 Å². The van der Waals surface area contributed by atoms with Gasteiger partial charge in [-0.05, 0) is 24.0 Å². The third-order valence-corrected chi connectivity index (χ3v) is 5.41. The van der Waals surface area contributed by atoms with E-state index in [1.807, 2.05) is 44.3 Å². The van der Waals surface area contributed by atoms with E-state index in [0.29, 0.717) is 12.8 Å². The fourth-order valence-corrected chi connectivity index (χ4v) is 3.29. The summed E-state index contributed by atoms with van der Waals surface area (Å²) >= 11 is 3.95. The number of para-hydroxylation sites is 1. The lowest BCUT2D eigenvalue weighted by Gasteiger charge is -2.26. The average molecular weight is 421 g/mol. The van der Waals surface area contributed by atoms with Gasteiger partial charge in [0.05, 0.1) is 6.04 Å². The summed E-state index contributed by atoms with van der Waals surface area (Å²) in [6.07, 6.45) is 2.74. The van der Waals surface area contributed by atoms with Gasteiger partial charge in [-0.3, -0.25) is 9.59 Å². The minimum Gasteiger partial charge on any atom is -0.480 e. The Hall–Kier alpha value is -2.52. The Bertz CT molecular complexity index is 869. The van der Waals surface area contributed by atoms with Crippen molar-refractivity contribution in [2.75, 3.05) is 5.75 Å². The number of rotatable bonds is 10. The number of carbonyl (C=O) groups is 3. The Balaban J connectivity index is 2.08. The van der Waals surface area contributed by atoms with Gasteiger partial charge in [-0.15, -0.1) is 0 Å². The molecule has 0 fully saturated rings. The molecule has 29 heavy (non-hydrogen) atoms. The van der Waals surface area contributed by atoms with Gasteiger partial charge in [0.15, 0.2) is 0 Å². The monoisotopic (exact) mass is 420 g/mol. The van der Waals surface area contributed by atoms with Crippen molar-refractivity contribution >= 4 is 41.3 Å². The van der Waals surface area contributed by atoms with E-state index in [9.17, 15) is 14.4 Å². The van der Waals surface area contributed by atoms with Crippen LogP contribution in [0.1, 0.15) is 25.8 Å². The first kappa shape index (κ1) is 22.8. The van der Waals surface area contributed by atoms with Crippen LogP contribution in [-0.4, -0.2) is 51.8 Å². The van der Waals surface area contributed by atoms with Gasteiger partial charge in [0, 0.05) is 22.9 Å². The molecular weight excluding hydrogens is 392 g/mol. The first-order valence-electron chi connectivity index (χ1n) is 9.53. The number of H-pyrrole nitrogens is 1. The molecule has 0 bridgehead atoms. The normalized spacial score (nSPS) is 15.3. The quantitative estimate of drug-likeness (QED) is 0.319. The zero-order chi connectivity index (χ0) is 21.6. The van der Waals surface area contributed by atoms with Crippen LogP contribution < -0.4 is 16.4 Å². The molecule has 158 valence electrons. The highest BCUT2D eigenvalue weighted by Gasteiger charge is 2.30. The fraction of sp³-hybridized carbons (Fsp3) is 0.450. The minimum atomic E-state index is -1.18. The van der Waals surface area contributed by atoms with Crippen LogP contribution in [0.2, 0.25) is 0 Å². The van der Waals surface area contributed by atoms with Crippen LogP contribution in [0.4, 0.5) is 0 Å². The van der Waals surface area contributed by atoms with Crippen molar-refractivity contribution < 1.29 is 19.5 Å². The number of carbonyl (C=O) groups excluding carboxylic acids is 2. The first-order valence-corrected chi connectivity index (χ1v) is 10.2. The van der Waals surface area contributed by atoms with E-state index in [1.54, 1.807) is 0 Å². The molecule has 0 radical (unpaired) electrons. The number of aromatic amines is 1. The van der Waals surface area contributed by atoms with Crippen LogP contribution in [0.5, 0.6) is 0 Å².